The number of rotatable bonds is 6. The maximum absolute atomic E-state index is 12.4. The van der Waals surface area contributed by atoms with Gasteiger partial charge in [0.15, 0.2) is 5.78 Å². The number of hydrogen-bond acceptors (Lipinski definition) is 4. The number of amides is 2. The van der Waals surface area contributed by atoms with E-state index in [1.165, 1.54) is 0 Å². The summed E-state index contributed by atoms with van der Waals surface area (Å²) in [5, 5.41) is 15.3. The standard InChI is InChI=1S/C22H20N2O4/c1-14-7-10-16(11-8-14)21(27)23-13-18(25)19-20(26)17(24-22(19)28)12-9-15-5-3-2-4-6-15/h2-12,17,26H,13H2,1H3,(H,23,27)(H,24,28). The summed E-state index contributed by atoms with van der Waals surface area (Å²) in [5.74, 6) is -2.07. The fourth-order valence-corrected chi connectivity index (χ4v) is 2.79. The van der Waals surface area contributed by atoms with E-state index in [1.54, 1.807) is 36.4 Å². The van der Waals surface area contributed by atoms with Crippen LogP contribution in [0.2, 0.25) is 0 Å². The summed E-state index contributed by atoms with van der Waals surface area (Å²) in [6, 6.07) is 15.5. The number of aryl methyl sites for hydroxylation is 1. The molecule has 142 valence electrons. The average Bonchev–Trinajstić information content (AvgIpc) is 2.99. The minimum absolute atomic E-state index is 0.327. The molecule has 2 aromatic carbocycles. The first kappa shape index (κ1) is 19.1. The maximum atomic E-state index is 12.4. The number of Topliss-reactive ketones (excluding diaryl/α,β-unsaturated/α-hetero) is 1. The summed E-state index contributed by atoms with van der Waals surface area (Å²) < 4.78 is 0. The van der Waals surface area contributed by atoms with E-state index in [9.17, 15) is 19.5 Å². The number of nitrogens with one attached hydrogen (secondary N) is 2. The van der Waals surface area contributed by atoms with Gasteiger partial charge >= 0.3 is 0 Å². The molecule has 0 saturated carbocycles. The van der Waals surface area contributed by atoms with Crippen LogP contribution in [0.3, 0.4) is 0 Å². The summed E-state index contributed by atoms with van der Waals surface area (Å²) in [6.07, 6.45) is 3.35. The molecule has 2 amide bonds. The maximum Gasteiger partial charge on any atom is 0.259 e. The quantitative estimate of drug-likeness (QED) is 0.674. The predicted molar refractivity (Wildman–Crippen MR) is 106 cm³/mol. The summed E-state index contributed by atoms with van der Waals surface area (Å²) in [5.41, 5.74) is 2.00. The Bertz CT molecular complexity index is 960. The molecule has 0 spiro atoms. The van der Waals surface area contributed by atoms with Gasteiger partial charge in [0.1, 0.15) is 17.4 Å². The lowest BCUT2D eigenvalue weighted by Gasteiger charge is -2.05. The molecule has 0 fully saturated rings. The van der Waals surface area contributed by atoms with Crippen LogP contribution in [-0.2, 0) is 9.59 Å². The van der Waals surface area contributed by atoms with E-state index < -0.39 is 23.6 Å². The first-order valence-electron chi connectivity index (χ1n) is 8.81. The van der Waals surface area contributed by atoms with E-state index in [2.05, 4.69) is 10.6 Å². The van der Waals surface area contributed by atoms with E-state index in [0.29, 0.717) is 5.56 Å². The molecule has 0 bridgehead atoms. The topological polar surface area (TPSA) is 95.5 Å². The lowest BCUT2D eigenvalue weighted by Crippen LogP contribution is -2.33. The molecule has 0 aliphatic carbocycles. The van der Waals surface area contributed by atoms with Gasteiger partial charge in [-0.2, -0.15) is 0 Å². The summed E-state index contributed by atoms with van der Waals surface area (Å²) in [7, 11) is 0. The predicted octanol–water partition coefficient (Wildman–Crippen LogP) is 2.32. The van der Waals surface area contributed by atoms with E-state index in [-0.39, 0.29) is 17.9 Å². The van der Waals surface area contributed by atoms with Crippen LogP contribution in [0.1, 0.15) is 21.5 Å². The monoisotopic (exact) mass is 376 g/mol. The second-order valence-electron chi connectivity index (χ2n) is 6.45. The molecule has 0 saturated heterocycles. The normalized spacial score (nSPS) is 16.3. The van der Waals surface area contributed by atoms with Gasteiger partial charge in [0.25, 0.3) is 11.8 Å². The lowest BCUT2D eigenvalue weighted by atomic mass is 10.1. The van der Waals surface area contributed by atoms with Crippen LogP contribution in [0, 0.1) is 6.92 Å². The van der Waals surface area contributed by atoms with Crippen LogP contribution >= 0.6 is 0 Å². The molecule has 1 aliphatic rings. The summed E-state index contributed by atoms with van der Waals surface area (Å²) >= 11 is 0. The zero-order valence-corrected chi connectivity index (χ0v) is 15.3. The summed E-state index contributed by atoms with van der Waals surface area (Å²) in [6.45, 7) is 1.52. The van der Waals surface area contributed by atoms with Crippen molar-refractivity contribution in [3.05, 3.63) is 88.7 Å². The van der Waals surface area contributed by atoms with E-state index in [1.807, 2.05) is 37.3 Å². The minimum Gasteiger partial charge on any atom is -0.509 e. The molecule has 1 heterocycles. The van der Waals surface area contributed by atoms with Crippen molar-refractivity contribution in [2.24, 2.45) is 0 Å². The molecule has 1 aliphatic heterocycles. The van der Waals surface area contributed by atoms with Gasteiger partial charge in [0.2, 0.25) is 0 Å². The van der Waals surface area contributed by atoms with Crippen LogP contribution in [0.25, 0.3) is 6.08 Å². The van der Waals surface area contributed by atoms with E-state index in [4.69, 9.17) is 0 Å². The van der Waals surface area contributed by atoms with Gasteiger partial charge in [-0.05, 0) is 24.6 Å². The van der Waals surface area contributed by atoms with Crippen LogP contribution in [-0.4, -0.2) is 35.3 Å². The van der Waals surface area contributed by atoms with Crippen LogP contribution in [0.15, 0.2) is 72.0 Å². The largest absolute Gasteiger partial charge is 0.509 e. The SMILES string of the molecule is Cc1ccc(C(=O)NCC(=O)C2=C(O)C(C=Cc3ccccc3)NC2=O)cc1. The molecular formula is C22H20N2O4. The minimum atomic E-state index is -0.778. The average molecular weight is 376 g/mol. The molecule has 1 unspecified atom stereocenters. The molecule has 0 aromatic heterocycles. The van der Waals surface area contributed by atoms with Gasteiger partial charge < -0.3 is 15.7 Å². The van der Waals surface area contributed by atoms with Crippen LogP contribution in [0.5, 0.6) is 0 Å². The fourth-order valence-electron chi connectivity index (χ4n) is 2.79. The Morgan fingerprint density at radius 1 is 1.11 bits per heavy atom. The Hall–Kier alpha value is -3.67. The lowest BCUT2D eigenvalue weighted by molar-refractivity contribution is -0.121. The zero-order valence-electron chi connectivity index (χ0n) is 15.3. The van der Waals surface area contributed by atoms with Gasteiger partial charge in [0, 0.05) is 5.56 Å². The first-order chi connectivity index (χ1) is 13.5. The number of ketones is 1. The van der Waals surface area contributed by atoms with E-state index >= 15 is 0 Å². The highest BCUT2D eigenvalue weighted by Gasteiger charge is 2.34. The Morgan fingerprint density at radius 3 is 2.46 bits per heavy atom. The molecule has 6 nitrogen and oxygen atoms in total. The number of hydrogen-bond donors (Lipinski definition) is 3. The smallest absolute Gasteiger partial charge is 0.259 e. The Balaban J connectivity index is 1.65. The molecule has 2 aromatic rings. The van der Waals surface area contributed by atoms with Crippen molar-refractivity contribution in [3.63, 3.8) is 0 Å². The van der Waals surface area contributed by atoms with Crippen molar-refractivity contribution in [2.75, 3.05) is 6.54 Å². The first-order valence-corrected chi connectivity index (χ1v) is 8.81. The highest BCUT2D eigenvalue weighted by atomic mass is 16.3. The number of carbonyl (C=O) groups excluding carboxylic acids is 3. The second kappa shape index (κ2) is 8.35. The van der Waals surface area contributed by atoms with Crippen molar-refractivity contribution in [3.8, 4) is 0 Å². The second-order valence-corrected chi connectivity index (χ2v) is 6.45. The number of aliphatic hydroxyl groups is 1. The van der Waals surface area contributed by atoms with Crippen molar-refractivity contribution in [2.45, 2.75) is 13.0 Å². The Kier molecular flexibility index (Phi) is 5.69. The van der Waals surface area contributed by atoms with Crippen LogP contribution < -0.4 is 10.6 Å². The third-order valence-corrected chi connectivity index (χ3v) is 4.35. The number of carbonyl (C=O) groups is 3. The number of aliphatic hydroxyl groups excluding tert-OH is 1. The Morgan fingerprint density at radius 2 is 1.79 bits per heavy atom. The molecular weight excluding hydrogens is 356 g/mol. The molecule has 28 heavy (non-hydrogen) atoms. The molecule has 6 heteroatoms. The van der Waals surface area contributed by atoms with Gasteiger partial charge in [-0.1, -0.05) is 60.2 Å². The highest BCUT2D eigenvalue weighted by molar-refractivity contribution is 6.22. The van der Waals surface area contributed by atoms with Crippen molar-refractivity contribution >= 4 is 23.7 Å². The van der Waals surface area contributed by atoms with Gasteiger partial charge in [0.05, 0.1) is 6.54 Å². The van der Waals surface area contributed by atoms with Gasteiger partial charge in [-0.3, -0.25) is 14.4 Å². The fraction of sp³-hybridized carbons (Fsp3) is 0.136. The van der Waals surface area contributed by atoms with E-state index in [0.717, 1.165) is 11.1 Å². The molecule has 0 radical (unpaired) electrons. The van der Waals surface area contributed by atoms with Gasteiger partial charge in [-0.25, -0.2) is 0 Å². The van der Waals surface area contributed by atoms with Crippen LogP contribution in [0.4, 0.5) is 0 Å². The molecule has 3 rings (SSSR count). The third-order valence-electron chi connectivity index (χ3n) is 4.35. The Labute approximate surface area is 162 Å². The van der Waals surface area contributed by atoms with Gasteiger partial charge in [-0.15, -0.1) is 0 Å². The third kappa shape index (κ3) is 4.35. The number of benzene rings is 2. The summed E-state index contributed by atoms with van der Waals surface area (Å²) in [4.78, 5) is 36.6. The van der Waals surface area contributed by atoms with Crippen molar-refractivity contribution < 1.29 is 19.5 Å². The van der Waals surface area contributed by atoms with Crippen molar-refractivity contribution in [1.82, 2.24) is 10.6 Å². The molecule has 3 N–H and O–H groups in total. The highest BCUT2D eigenvalue weighted by Crippen LogP contribution is 2.18. The molecule has 1 atom stereocenters. The zero-order chi connectivity index (χ0) is 20.1. The van der Waals surface area contributed by atoms with Crippen molar-refractivity contribution in [1.29, 1.82) is 0 Å².